The average molecular weight is 200 g/mol. The molecule has 1 fully saturated rings. The molecule has 1 rings (SSSR count). The fourth-order valence-corrected chi connectivity index (χ4v) is 2.56. The van der Waals surface area contributed by atoms with E-state index in [1.165, 1.54) is 6.42 Å². The highest BCUT2D eigenvalue weighted by Crippen LogP contribution is 2.35. The van der Waals surface area contributed by atoms with Crippen LogP contribution in [0.3, 0.4) is 0 Å². The summed E-state index contributed by atoms with van der Waals surface area (Å²) in [4.78, 5) is 0. The number of aliphatic hydroxyl groups excluding tert-OH is 1. The first-order chi connectivity index (χ1) is 6.57. The third-order valence-electron chi connectivity index (χ3n) is 3.63. The standard InChI is InChI=1S/C12H24O2/c1-3-11(10(2)13)9-12(14)7-5-4-6-8-12/h10-11,13-14H,3-9H2,1-2H3. The lowest BCUT2D eigenvalue weighted by Crippen LogP contribution is -2.36. The van der Waals surface area contributed by atoms with E-state index >= 15 is 0 Å². The van der Waals surface area contributed by atoms with Crippen LogP contribution in [0.15, 0.2) is 0 Å². The molecule has 0 spiro atoms. The van der Waals surface area contributed by atoms with E-state index < -0.39 is 5.60 Å². The topological polar surface area (TPSA) is 40.5 Å². The molecule has 2 N–H and O–H groups in total. The molecule has 1 aliphatic rings. The molecule has 0 aromatic heterocycles. The van der Waals surface area contributed by atoms with Gasteiger partial charge in [0.15, 0.2) is 0 Å². The van der Waals surface area contributed by atoms with Gasteiger partial charge in [0, 0.05) is 0 Å². The first-order valence-corrected chi connectivity index (χ1v) is 5.98. The Morgan fingerprint density at radius 3 is 2.21 bits per heavy atom. The molecule has 2 nitrogen and oxygen atoms in total. The van der Waals surface area contributed by atoms with E-state index in [1.54, 1.807) is 0 Å². The van der Waals surface area contributed by atoms with Gasteiger partial charge in [0.1, 0.15) is 0 Å². The quantitative estimate of drug-likeness (QED) is 0.732. The predicted octanol–water partition coefficient (Wildman–Crippen LogP) is 2.48. The lowest BCUT2D eigenvalue weighted by molar-refractivity contribution is -0.0359. The van der Waals surface area contributed by atoms with E-state index in [9.17, 15) is 10.2 Å². The number of hydrogen-bond acceptors (Lipinski definition) is 2. The molecule has 1 saturated carbocycles. The SMILES string of the molecule is CCC(CC1(O)CCCCC1)C(C)O. The number of hydrogen-bond donors (Lipinski definition) is 2. The molecule has 0 aromatic rings. The van der Waals surface area contributed by atoms with Gasteiger partial charge in [-0.15, -0.1) is 0 Å². The summed E-state index contributed by atoms with van der Waals surface area (Å²) in [6.07, 6.45) is 6.85. The molecule has 0 heterocycles. The molecule has 1 aliphatic carbocycles. The van der Waals surface area contributed by atoms with Crippen molar-refractivity contribution in [2.45, 2.75) is 70.5 Å². The Labute approximate surface area is 87.3 Å². The van der Waals surface area contributed by atoms with Crippen molar-refractivity contribution in [3.8, 4) is 0 Å². The Bertz CT molecular complexity index is 160. The van der Waals surface area contributed by atoms with Gasteiger partial charge in [-0.3, -0.25) is 0 Å². The molecule has 0 bridgehead atoms. The summed E-state index contributed by atoms with van der Waals surface area (Å²) in [6, 6.07) is 0. The van der Waals surface area contributed by atoms with Crippen LogP contribution in [0.2, 0.25) is 0 Å². The van der Waals surface area contributed by atoms with Gasteiger partial charge in [-0.25, -0.2) is 0 Å². The minimum absolute atomic E-state index is 0.262. The largest absolute Gasteiger partial charge is 0.393 e. The first kappa shape index (κ1) is 12.0. The smallest absolute Gasteiger partial charge is 0.0651 e. The molecule has 0 aromatic carbocycles. The van der Waals surface area contributed by atoms with Gasteiger partial charge >= 0.3 is 0 Å². The Morgan fingerprint density at radius 2 is 1.79 bits per heavy atom. The van der Waals surface area contributed by atoms with Crippen molar-refractivity contribution in [2.24, 2.45) is 5.92 Å². The lowest BCUT2D eigenvalue weighted by Gasteiger charge is -2.35. The first-order valence-electron chi connectivity index (χ1n) is 5.98. The van der Waals surface area contributed by atoms with Crippen LogP contribution in [0.5, 0.6) is 0 Å². The van der Waals surface area contributed by atoms with E-state index in [-0.39, 0.29) is 12.0 Å². The normalized spacial score (nSPS) is 25.7. The summed E-state index contributed by atoms with van der Waals surface area (Å²) in [7, 11) is 0. The monoisotopic (exact) mass is 200 g/mol. The highest BCUT2D eigenvalue weighted by atomic mass is 16.3. The van der Waals surface area contributed by atoms with E-state index in [1.807, 2.05) is 6.92 Å². The minimum Gasteiger partial charge on any atom is -0.393 e. The molecule has 2 heteroatoms. The van der Waals surface area contributed by atoms with Gasteiger partial charge in [0.2, 0.25) is 0 Å². The molecule has 14 heavy (non-hydrogen) atoms. The zero-order chi connectivity index (χ0) is 10.6. The molecule has 0 amide bonds. The van der Waals surface area contributed by atoms with Gasteiger partial charge in [-0.05, 0) is 32.1 Å². The van der Waals surface area contributed by atoms with Crippen LogP contribution < -0.4 is 0 Å². The lowest BCUT2D eigenvalue weighted by atomic mass is 9.77. The van der Waals surface area contributed by atoms with Gasteiger partial charge < -0.3 is 10.2 Å². The summed E-state index contributed by atoms with van der Waals surface area (Å²) in [5, 5.41) is 19.9. The van der Waals surface area contributed by atoms with E-state index in [0.717, 1.165) is 38.5 Å². The molecule has 2 unspecified atom stereocenters. The third kappa shape index (κ3) is 3.25. The molecule has 0 radical (unpaired) electrons. The van der Waals surface area contributed by atoms with E-state index in [0.29, 0.717) is 0 Å². The fourth-order valence-electron chi connectivity index (χ4n) is 2.56. The van der Waals surface area contributed by atoms with Crippen LogP contribution in [0.1, 0.15) is 58.8 Å². The summed E-state index contributed by atoms with van der Waals surface area (Å²) in [6.45, 7) is 3.92. The van der Waals surface area contributed by atoms with Gasteiger partial charge in [-0.2, -0.15) is 0 Å². The Kier molecular flexibility index (Phi) is 4.39. The average Bonchev–Trinajstić information content (AvgIpc) is 2.15. The van der Waals surface area contributed by atoms with E-state index in [4.69, 9.17) is 0 Å². The zero-order valence-electron chi connectivity index (χ0n) is 9.50. The second kappa shape index (κ2) is 5.13. The maximum Gasteiger partial charge on any atom is 0.0651 e. The van der Waals surface area contributed by atoms with Crippen LogP contribution in [-0.4, -0.2) is 21.9 Å². The zero-order valence-corrected chi connectivity index (χ0v) is 9.50. The highest BCUT2D eigenvalue weighted by molar-refractivity contribution is 4.85. The minimum atomic E-state index is -0.476. The maximum atomic E-state index is 10.3. The highest BCUT2D eigenvalue weighted by Gasteiger charge is 2.32. The number of aliphatic hydroxyl groups is 2. The van der Waals surface area contributed by atoms with Crippen molar-refractivity contribution < 1.29 is 10.2 Å². The second-order valence-corrected chi connectivity index (χ2v) is 4.90. The van der Waals surface area contributed by atoms with Crippen molar-refractivity contribution in [1.29, 1.82) is 0 Å². The summed E-state index contributed by atoms with van der Waals surface area (Å²) >= 11 is 0. The Morgan fingerprint density at radius 1 is 1.21 bits per heavy atom. The molecule has 84 valence electrons. The summed E-state index contributed by atoms with van der Waals surface area (Å²) in [5.74, 6) is 0.262. The van der Waals surface area contributed by atoms with Crippen LogP contribution in [0, 0.1) is 5.92 Å². The van der Waals surface area contributed by atoms with Crippen molar-refractivity contribution in [3.05, 3.63) is 0 Å². The van der Waals surface area contributed by atoms with Crippen molar-refractivity contribution in [3.63, 3.8) is 0 Å². The van der Waals surface area contributed by atoms with Gasteiger partial charge in [0.05, 0.1) is 11.7 Å². The number of rotatable bonds is 4. The van der Waals surface area contributed by atoms with Gasteiger partial charge in [-0.1, -0.05) is 32.6 Å². The molecule has 0 aliphatic heterocycles. The Balaban J connectivity index is 2.46. The van der Waals surface area contributed by atoms with Crippen LogP contribution in [0.4, 0.5) is 0 Å². The fraction of sp³-hybridized carbons (Fsp3) is 1.00. The summed E-state index contributed by atoms with van der Waals surface area (Å²) in [5.41, 5.74) is -0.476. The molecule has 2 atom stereocenters. The van der Waals surface area contributed by atoms with E-state index in [2.05, 4.69) is 6.92 Å². The van der Waals surface area contributed by atoms with Crippen LogP contribution in [0.25, 0.3) is 0 Å². The van der Waals surface area contributed by atoms with Crippen molar-refractivity contribution in [1.82, 2.24) is 0 Å². The second-order valence-electron chi connectivity index (χ2n) is 4.90. The van der Waals surface area contributed by atoms with Crippen LogP contribution in [-0.2, 0) is 0 Å². The molecule has 0 saturated heterocycles. The Hall–Kier alpha value is -0.0800. The maximum absolute atomic E-state index is 10.3. The van der Waals surface area contributed by atoms with Crippen molar-refractivity contribution in [2.75, 3.05) is 0 Å². The van der Waals surface area contributed by atoms with Crippen molar-refractivity contribution >= 4 is 0 Å². The summed E-state index contributed by atoms with van der Waals surface area (Å²) < 4.78 is 0. The van der Waals surface area contributed by atoms with Gasteiger partial charge in [0.25, 0.3) is 0 Å². The predicted molar refractivity (Wildman–Crippen MR) is 58.1 cm³/mol. The molecular formula is C12H24O2. The van der Waals surface area contributed by atoms with Crippen LogP contribution >= 0.6 is 0 Å². The third-order valence-corrected chi connectivity index (χ3v) is 3.63. The molecular weight excluding hydrogens is 176 g/mol.